The molecule has 22 heavy (non-hydrogen) atoms. The number of carbonyl (C=O) groups excluding carboxylic acids is 2. The lowest BCUT2D eigenvalue weighted by Crippen LogP contribution is -2.50. The van der Waals surface area contributed by atoms with E-state index in [4.69, 9.17) is 0 Å². The van der Waals surface area contributed by atoms with Crippen LogP contribution in [0.3, 0.4) is 0 Å². The van der Waals surface area contributed by atoms with Crippen LogP contribution in [0.4, 0.5) is 0 Å². The van der Waals surface area contributed by atoms with E-state index in [2.05, 4.69) is 25.5 Å². The van der Waals surface area contributed by atoms with Gasteiger partial charge in [-0.15, -0.1) is 0 Å². The maximum absolute atomic E-state index is 12.2. The summed E-state index contributed by atoms with van der Waals surface area (Å²) in [7, 11) is 0. The van der Waals surface area contributed by atoms with Crippen molar-refractivity contribution in [2.45, 2.75) is 38.1 Å². The lowest BCUT2D eigenvalue weighted by molar-refractivity contribution is -0.135. The average molecular weight is 306 g/mol. The molecule has 2 amide bonds. The quantitative estimate of drug-likeness (QED) is 0.658. The zero-order valence-electron chi connectivity index (χ0n) is 12.3. The number of nitrogens with zero attached hydrogens (tertiary/aromatic N) is 3. The number of rotatable bonds is 3. The molecule has 0 radical (unpaired) electrons. The van der Waals surface area contributed by atoms with Gasteiger partial charge in [0.2, 0.25) is 5.91 Å². The smallest absolute Gasteiger partial charge is 0.340 e. The Morgan fingerprint density at radius 1 is 1.32 bits per heavy atom. The normalized spacial score (nSPS) is 20.1. The SMILES string of the molecule is CC1=NC2(CCN(C(=O)CCc3n[nH]c(=O)[nH]3)CC2)C(=O)N1. The minimum atomic E-state index is -0.686. The molecule has 0 bridgehead atoms. The van der Waals surface area contributed by atoms with E-state index >= 15 is 0 Å². The highest BCUT2D eigenvalue weighted by Crippen LogP contribution is 2.30. The van der Waals surface area contributed by atoms with Crippen molar-refractivity contribution in [3.8, 4) is 0 Å². The van der Waals surface area contributed by atoms with Gasteiger partial charge in [0.05, 0.1) is 0 Å². The fourth-order valence-corrected chi connectivity index (χ4v) is 2.95. The molecular formula is C13H18N6O3. The Bertz CT molecular complexity index is 680. The Kier molecular flexibility index (Phi) is 3.55. The summed E-state index contributed by atoms with van der Waals surface area (Å²) in [6, 6.07) is 0. The van der Waals surface area contributed by atoms with Gasteiger partial charge in [-0.2, -0.15) is 5.10 Å². The van der Waals surface area contributed by atoms with Crippen molar-refractivity contribution in [2.24, 2.45) is 4.99 Å². The average Bonchev–Trinajstić information content (AvgIpc) is 3.01. The molecular weight excluding hydrogens is 288 g/mol. The molecule has 1 aromatic rings. The van der Waals surface area contributed by atoms with Crippen molar-refractivity contribution in [1.29, 1.82) is 0 Å². The third kappa shape index (κ3) is 2.66. The van der Waals surface area contributed by atoms with Crippen LogP contribution in [0.2, 0.25) is 0 Å². The molecule has 1 aromatic heterocycles. The number of H-pyrrole nitrogens is 2. The van der Waals surface area contributed by atoms with E-state index < -0.39 is 5.54 Å². The van der Waals surface area contributed by atoms with Gasteiger partial charge in [0.15, 0.2) is 0 Å². The van der Waals surface area contributed by atoms with Crippen LogP contribution < -0.4 is 11.0 Å². The molecule has 9 nitrogen and oxygen atoms in total. The Morgan fingerprint density at radius 2 is 2.05 bits per heavy atom. The molecule has 0 unspecified atom stereocenters. The molecule has 118 valence electrons. The van der Waals surface area contributed by atoms with Crippen molar-refractivity contribution in [3.05, 3.63) is 16.3 Å². The van der Waals surface area contributed by atoms with E-state index in [-0.39, 0.29) is 23.9 Å². The molecule has 1 spiro atoms. The second kappa shape index (κ2) is 5.39. The number of hydrogen-bond acceptors (Lipinski definition) is 5. The van der Waals surface area contributed by atoms with E-state index in [1.165, 1.54) is 0 Å². The van der Waals surface area contributed by atoms with E-state index in [0.29, 0.717) is 44.0 Å². The summed E-state index contributed by atoms with van der Waals surface area (Å²) in [4.78, 5) is 43.8. The molecule has 3 rings (SSSR count). The molecule has 0 aromatic carbocycles. The second-order valence-electron chi connectivity index (χ2n) is 5.69. The first-order valence-electron chi connectivity index (χ1n) is 7.28. The number of aromatic amines is 2. The topological polar surface area (TPSA) is 123 Å². The summed E-state index contributed by atoms with van der Waals surface area (Å²) >= 11 is 0. The third-order valence-electron chi connectivity index (χ3n) is 4.17. The highest BCUT2D eigenvalue weighted by Gasteiger charge is 2.45. The molecule has 0 aliphatic carbocycles. The van der Waals surface area contributed by atoms with Crippen molar-refractivity contribution in [1.82, 2.24) is 25.4 Å². The van der Waals surface area contributed by atoms with Gasteiger partial charge in [0, 0.05) is 25.9 Å². The van der Waals surface area contributed by atoms with Crippen LogP contribution in [-0.4, -0.2) is 56.4 Å². The Labute approximate surface area is 126 Å². The van der Waals surface area contributed by atoms with E-state index in [1.54, 1.807) is 11.8 Å². The Hall–Kier alpha value is -2.45. The van der Waals surface area contributed by atoms with Gasteiger partial charge in [0.1, 0.15) is 17.2 Å². The molecule has 2 aliphatic rings. The molecule has 3 N–H and O–H groups in total. The van der Waals surface area contributed by atoms with Gasteiger partial charge >= 0.3 is 5.69 Å². The molecule has 3 heterocycles. The van der Waals surface area contributed by atoms with E-state index in [0.717, 1.165) is 0 Å². The first-order chi connectivity index (χ1) is 10.5. The first-order valence-corrected chi connectivity index (χ1v) is 7.28. The highest BCUT2D eigenvalue weighted by atomic mass is 16.2. The molecule has 1 fully saturated rings. The number of carbonyl (C=O) groups is 2. The van der Waals surface area contributed by atoms with E-state index in [9.17, 15) is 14.4 Å². The zero-order chi connectivity index (χ0) is 15.7. The van der Waals surface area contributed by atoms with Gasteiger partial charge in [0.25, 0.3) is 5.91 Å². The zero-order valence-corrected chi connectivity index (χ0v) is 12.3. The summed E-state index contributed by atoms with van der Waals surface area (Å²) in [6.07, 6.45) is 1.75. The number of aromatic nitrogens is 3. The van der Waals surface area contributed by atoms with Crippen LogP contribution in [0, 0.1) is 0 Å². The highest BCUT2D eigenvalue weighted by molar-refractivity contribution is 6.07. The second-order valence-corrected chi connectivity index (χ2v) is 5.69. The van der Waals surface area contributed by atoms with Crippen molar-refractivity contribution in [3.63, 3.8) is 0 Å². The van der Waals surface area contributed by atoms with Crippen LogP contribution in [0.5, 0.6) is 0 Å². The fraction of sp³-hybridized carbons (Fsp3) is 0.615. The standard InChI is InChI=1S/C13H18N6O3/c1-8-14-11(21)13(16-8)4-6-19(7-5-13)10(20)3-2-9-15-12(22)18-17-9/h2-7H2,1H3,(H,14,16,21)(H2,15,17,18,22). The summed E-state index contributed by atoms with van der Waals surface area (Å²) in [5, 5.41) is 8.78. The lowest BCUT2D eigenvalue weighted by Gasteiger charge is -2.35. The van der Waals surface area contributed by atoms with Crippen LogP contribution in [-0.2, 0) is 16.0 Å². The Balaban J connectivity index is 1.54. The number of piperidine rings is 1. The minimum absolute atomic E-state index is 0.00203. The lowest BCUT2D eigenvalue weighted by atomic mass is 9.88. The molecule has 2 aliphatic heterocycles. The molecule has 1 saturated heterocycles. The summed E-state index contributed by atoms with van der Waals surface area (Å²) < 4.78 is 0. The van der Waals surface area contributed by atoms with Crippen molar-refractivity contribution < 1.29 is 9.59 Å². The number of nitrogens with one attached hydrogen (secondary N) is 3. The van der Waals surface area contributed by atoms with Gasteiger partial charge in [-0.25, -0.2) is 9.89 Å². The largest absolute Gasteiger partial charge is 0.342 e. The van der Waals surface area contributed by atoms with Gasteiger partial charge in [-0.3, -0.25) is 19.6 Å². The van der Waals surface area contributed by atoms with Crippen LogP contribution >= 0.6 is 0 Å². The minimum Gasteiger partial charge on any atom is -0.342 e. The van der Waals surface area contributed by atoms with Crippen LogP contribution in [0.25, 0.3) is 0 Å². The monoisotopic (exact) mass is 306 g/mol. The van der Waals surface area contributed by atoms with Crippen molar-refractivity contribution in [2.75, 3.05) is 13.1 Å². The third-order valence-corrected chi connectivity index (χ3v) is 4.17. The summed E-state index contributed by atoms with van der Waals surface area (Å²) in [5.41, 5.74) is -1.06. The number of amides is 2. The molecule has 0 saturated carbocycles. The summed E-state index contributed by atoms with van der Waals surface area (Å²) in [6.45, 7) is 2.80. The first kappa shape index (κ1) is 14.5. The van der Waals surface area contributed by atoms with Crippen LogP contribution in [0.15, 0.2) is 9.79 Å². The number of aliphatic imine (C=N–C) groups is 1. The van der Waals surface area contributed by atoms with Crippen molar-refractivity contribution >= 4 is 17.6 Å². The number of hydrogen-bond donors (Lipinski definition) is 3. The molecule has 0 atom stereocenters. The number of amidine groups is 1. The fourth-order valence-electron chi connectivity index (χ4n) is 2.95. The maximum Gasteiger partial charge on any atom is 0.340 e. The van der Waals surface area contributed by atoms with Crippen LogP contribution in [0.1, 0.15) is 32.0 Å². The van der Waals surface area contributed by atoms with Gasteiger partial charge in [-0.05, 0) is 19.8 Å². The maximum atomic E-state index is 12.2. The van der Waals surface area contributed by atoms with E-state index in [1.807, 2.05) is 0 Å². The van der Waals surface area contributed by atoms with Gasteiger partial charge in [-0.1, -0.05) is 0 Å². The summed E-state index contributed by atoms with van der Waals surface area (Å²) in [5.74, 6) is 1.05. The molecule has 9 heteroatoms. The predicted octanol–water partition coefficient (Wildman–Crippen LogP) is -1.06. The predicted molar refractivity (Wildman–Crippen MR) is 77.3 cm³/mol. The Morgan fingerprint density at radius 3 is 2.59 bits per heavy atom. The number of aryl methyl sites for hydroxylation is 1. The van der Waals surface area contributed by atoms with Gasteiger partial charge < -0.3 is 10.2 Å². The number of likely N-dealkylation sites (tertiary alicyclic amines) is 1.